The molecule has 0 radical (unpaired) electrons. The number of hydrogen-bond acceptors (Lipinski definition) is 3. The molecular formula is C14H28N2O2. The molecule has 18 heavy (non-hydrogen) atoms. The van der Waals surface area contributed by atoms with E-state index in [4.69, 9.17) is 4.74 Å². The third-order valence-electron chi connectivity index (χ3n) is 3.78. The van der Waals surface area contributed by atoms with Crippen molar-refractivity contribution in [1.29, 1.82) is 0 Å². The van der Waals surface area contributed by atoms with Gasteiger partial charge in [-0.25, -0.2) is 0 Å². The van der Waals surface area contributed by atoms with E-state index in [0.29, 0.717) is 19.7 Å². The molecule has 2 N–H and O–H groups in total. The number of carbonyl (C=O) groups excluding carboxylic acids is 1. The lowest BCUT2D eigenvalue weighted by molar-refractivity contribution is -0.120. The van der Waals surface area contributed by atoms with Gasteiger partial charge in [0, 0.05) is 13.7 Å². The third-order valence-corrected chi connectivity index (χ3v) is 3.78. The molecule has 0 aromatic heterocycles. The Kier molecular flexibility index (Phi) is 8.01. The van der Waals surface area contributed by atoms with E-state index < -0.39 is 0 Å². The first kappa shape index (κ1) is 15.4. The van der Waals surface area contributed by atoms with Gasteiger partial charge in [0.2, 0.25) is 5.91 Å². The van der Waals surface area contributed by atoms with Gasteiger partial charge in [0.15, 0.2) is 0 Å². The van der Waals surface area contributed by atoms with E-state index in [1.165, 1.54) is 32.1 Å². The van der Waals surface area contributed by atoms with Crippen LogP contribution in [0.3, 0.4) is 0 Å². The molecule has 1 amide bonds. The average molecular weight is 256 g/mol. The van der Waals surface area contributed by atoms with Gasteiger partial charge in [0.05, 0.1) is 13.2 Å². The van der Waals surface area contributed by atoms with Crippen LogP contribution in [-0.4, -0.2) is 39.3 Å². The summed E-state index contributed by atoms with van der Waals surface area (Å²) in [6.07, 6.45) is 6.69. The van der Waals surface area contributed by atoms with Gasteiger partial charge in [-0.15, -0.1) is 0 Å². The molecule has 1 saturated carbocycles. The van der Waals surface area contributed by atoms with Gasteiger partial charge in [-0.05, 0) is 24.8 Å². The molecule has 0 aromatic carbocycles. The van der Waals surface area contributed by atoms with E-state index in [9.17, 15) is 4.79 Å². The number of amides is 1. The van der Waals surface area contributed by atoms with Crippen LogP contribution in [0.15, 0.2) is 0 Å². The summed E-state index contributed by atoms with van der Waals surface area (Å²) in [7, 11) is 1.63. The molecule has 0 aliphatic heterocycles. The fourth-order valence-electron chi connectivity index (χ4n) is 2.48. The van der Waals surface area contributed by atoms with Crippen LogP contribution in [0.5, 0.6) is 0 Å². The van der Waals surface area contributed by atoms with E-state index in [2.05, 4.69) is 17.6 Å². The average Bonchev–Trinajstić information content (AvgIpc) is 2.37. The highest BCUT2D eigenvalue weighted by molar-refractivity contribution is 5.77. The van der Waals surface area contributed by atoms with E-state index in [1.807, 2.05) is 0 Å². The standard InChI is InChI=1S/C14H28N2O2/c1-12-3-5-13(6-4-12)7-8-15-11-14(17)16-9-10-18-2/h12-13,15H,3-11H2,1-2H3,(H,16,17). The Morgan fingerprint density at radius 3 is 2.61 bits per heavy atom. The summed E-state index contributed by atoms with van der Waals surface area (Å²) < 4.78 is 4.87. The van der Waals surface area contributed by atoms with Gasteiger partial charge in [0.1, 0.15) is 0 Å². The highest BCUT2D eigenvalue weighted by Gasteiger charge is 2.17. The SMILES string of the molecule is COCCNC(=O)CNCCC1CCC(C)CC1. The number of hydrogen-bond donors (Lipinski definition) is 2. The number of rotatable bonds is 8. The van der Waals surface area contributed by atoms with Crippen LogP contribution in [0.25, 0.3) is 0 Å². The van der Waals surface area contributed by atoms with Crippen molar-refractivity contribution in [2.75, 3.05) is 33.4 Å². The zero-order chi connectivity index (χ0) is 13.2. The molecule has 1 fully saturated rings. The minimum absolute atomic E-state index is 0.0596. The summed E-state index contributed by atoms with van der Waals surface area (Å²) in [6, 6.07) is 0. The largest absolute Gasteiger partial charge is 0.383 e. The quantitative estimate of drug-likeness (QED) is 0.648. The fourth-order valence-corrected chi connectivity index (χ4v) is 2.48. The van der Waals surface area contributed by atoms with Crippen LogP contribution in [0.4, 0.5) is 0 Å². The van der Waals surface area contributed by atoms with E-state index in [1.54, 1.807) is 7.11 Å². The molecule has 4 nitrogen and oxygen atoms in total. The van der Waals surface area contributed by atoms with Crippen molar-refractivity contribution >= 4 is 5.91 Å². The Morgan fingerprint density at radius 1 is 1.22 bits per heavy atom. The Labute approximate surface area is 111 Å². The second-order valence-corrected chi connectivity index (χ2v) is 5.43. The molecule has 0 spiro atoms. The van der Waals surface area contributed by atoms with Crippen LogP contribution in [-0.2, 0) is 9.53 Å². The van der Waals surface area contributed by atoms with E-state index >= 15 is 0 Å². The third kappa shape index (κ3) is 6.97. The maximum atomic E-state index is 11.4. The van der Waals surface area contributed by atoms with Gasteiger partial charge < -0.3 is 15.4 Å². The minimum Gasteiger partial charge on any atom is -0.383 e. The molecule has 1 rings (SSSR count). The summed E-state index contributed by atoms with van der Waals surface area (Å²) in [6.45, 7) is 4.89. The number of nitrogens with one attached hydrogen (secondary N) is 2. The van der Waals surface area contributed by atoms with Crippen LogP contribution >= 0.6 is 0 Å². The molecule has 0 bridgehead atoms. The molecule has 0 aromatic rings. The van der Waals surface area contributed by atoms with Crippen molar-refractivity contribution in [3.05, 3.63) is 0 Å². The lowest BCUT2D eigenvalue weighted by Gasteiger charge is -2.26. The monoisotopic (exact) mass is 256 g/mol. The molecule has 106 valence electrons. The Balaban J connectivity index is 1.93. The Morgan fingerprint density at radius 2 is 1.94 bits per heavy atom. The summed E-state index contributed by atoms with van der Waals surface area (Å²) in [4.78, 5) is 11.4. The van der Waals surface area contributed by atoms with E-state index in [-0.39, 0.29) is 5.91 Å². The van der Waals surface area contributed by atoms with Crippen molar-refractivity contribution < 1.29 is 9.53 Å². The van der Waals surface area contributed by atoms with Gasteiger partial charge in [-0.1, -0.05) is 32.6 Å². The molecule has 0 unspecified atom stereocenters. The summed E-state index contributed by atoms with van der Waals surface area (Å²) in [5, 5.41) is 6.02. The van der Waals surface area contributed by atoms with Crippen LogP contribution in [0.2, 0.25) is 0 Å². The van der Waals surface area contributed by atoms with Crippen molar-refractivity contribution in [3.8, 4) is 0 Å². The zero-order valence-corrected chi connectivity index (χ0v) is 11.8. The zero-order valence-electron chi connectivity index (χ0n) is 11.8. The second-order valence-electron chi connectivity index (χ2n) is 5.43. The molecule has 1 aliphatic rings. The topological polar surface area (TPSA) is 50.4 Å². The van der Waals surface area contributed by atoms with Gasteiger partial charge >= 0.3 is 0 Å². The van der Waals surface area contributed by atoms with Crippen molar-refractivity contribution in [3.63, 3.8) is 0 Å². The molecule has 0 atom stereocenters. The molecule has 0 saturated heterocycles. The minimum atomic E-state index is 0.0596. The van der Waals surface area contributed by atoms with Crippen molar-refractivity contribution in [2.45, 2.75) is 39.0 Å². The lowest BCUT2D eigenvalue weighted by Crippen LogP contribution is -2.36. The first-order valence-corrected chi connectivity index (χ1v) is 7.18. The fraction of sp³-hybridized carbons (Fsp3) is 0.929. The van der Waals surface area contributed by atoms with Crippen LogP contribution < -0.4 is 10.6 Å². The van der Waals surface area contributed by atoms with Gasteiger partial charge in [-0.2, -0.15) is 0 Å². The highest BCUT2D eigenvalue weighted by atomic mass is 16.5. The van der Waals surface area contributed by atoms with Gasteiger partial charge in [-0.3, -0.25) is 4.79 Å². The maximum Gasteiger partial charge on any atom is 0.234 e. The van der Waals surface area contributed by atoms with Crippen molar-refractivity contribution in [1.82, 2.24) is 10.6 Å². The Bertz CT molecular complexity index is 226. The predicted molar refractivity (Wildman–Crippen MR) is 73.5 cm³/mol. The van der Waals surface area contributed by atoms with Crippen molar-refractivity contribution in [2.24, 2.45) is 11.8 Å². The first-order valence-electron chi connectivity index (χ1n) is 7.18. The summed E-state index contributed by atoms with van der Waals surface area (Å²) >= 11 is 0. The highest BCUT2D eigenvalue weighted by Crippen LogP contribution is 2.29. The molecule has 4 heteroatoms. The summed E-state index contributed by atoms with van der Waals surface area (Å²) in [5.41, 5.74) is 0. The summed E-state index contributed by atoms with van der Waals surface area (Å²) in [5.74, 6) is 1.84. The van der Waals surface area contributed by atoms with Gasteiger partial charge in [0.25, 0.3) is 0 Å². The normalized spacial score (nSPS) is 23.9. The number of methoxy groups -OCH3 is 1. The van der Waals surface area contributed by atoms with Crippen LogP contribution in [0, 0.1) is 11.8 Å². The molecule has 1 aliphatic carbocycles. The Hall–Kier alpha value is -0.610. The molecule has 0 heterocycles. The van der Waals surface area contributed by atoms with Crippen LogP contribution in [0.1, 0.15) is 39.0 Å². The predicted octanol–water partition coefficient (Wildman–Crippen LogP) is 1.55. The number of ether oxygens (including phenoxy) is 1. The lowest BCUT2D eigenvalue weighted by atomic mass is 9.81. The smallest absolute Gasteiger partial charge is 0.234 e. The second kappa shape index (κ2) is 9.34. The molecular weight excluding hydrogens is 228 g/mol. The first-order chi connectivity index (χ1) is 8.72. The maximum absolute atomic E-state index is 11.4. The van der Waals surface area contributed by atoms with E-state index in [0.717, 1.165) is 18.4 Å². The number of carbonyl (C=O) groups is 1.